The highest BCUT2D eigenvalue weighted by Gasteiger charge is 2.36. The lowest BCUT2D eigenvalue weighted by Crippen LogP contribution is -2.37. The molecule has 34 heavy (non-hydrogen) atoms. The lowest BCUT2D eigenvalue weighted by molar-refractivity contribution is -0.137. The summed E-state index contributed by atoms with van der Waals surface area (Å²) in [6.07, 6.45) is -0.369. The molecule has 1 aromatic heterocycles. The molecule has 0 spiro atoms. The summed E-state index contributed by atoms with van der Waals surface area (Å²) in [5.74, 6) is -1.54. The highest BCUT2D eigenvalue weighted by atomic mass is 19.4. The van der Waals surface area contributed by atoms with Gasteiger partial charge in [0.2, 0.25) is 17.8 Å². The van der Waals surface area contributed by atoms with Crippen LogP contribution in [0.3, 0.4) is 0 Å². The zero-order valence-electron chi connectivity index (χ0n) is 18.4. The van der Waals surface area contributed by atoms with E-state index in [1.165, 1.54) is 19.2 Å². The van der Waals surface area contributed by atoms with E-state index in [0.717, 1.165) is 12.5 Å². The Bertz CT molecular complexity index is 1050. The van der Waals surface area contributed by atoms with Gasteiger partial charge in [-0.3, -0.25) is 14.4 Å². The second-order valence-corrected chi connectivity index (χ2v) is 7.69. The number of hydrogen-bond acceptors (Lipinski definition) is 7. The molecule has 182 valence electrons. The third kappa shape index (κ3) is 6.44. The number of halogens is 3. The number of carbonyl (C=O) groups is 2. The van der Waals surface area contributed by atoms with Crippen LogP contribution in [0.25, 0.3) is 0 Å². The molecule has 0 radical (unpaired) electrons. The number of nitrogens with one attached hydrogen (secondary N) is 4. The minimum Gasteiger partial charge on any atom is -0.351 e. The Kier molecular flexibility index (Phi) is 8.05. The van der Waals surface area contributed by atoms with Gasteiger partial charge in [0.1, 0.15) is 11.4 Å². The van der Waals surface area contributed by atoms with Crippen molar-refractivity contribution in [1.29, 1.82) is 0 Å². The van der Waals surface area contributed by atoms with Gasteiger partial charge in [-0.15, -0.1) is 0 Å². The first kappa shape index (κ1) is 25.0. The molecule has 0 unspecified atom stereocenters. The van der Waals surface area contributed by atoms with Gasteiger partial charge in [0.05, 0.1) is 18.5 Å². The van der Waals surface area contributed by atoms with Crippen LogP contribution in [0.15, 0.2) is 43.1 Å². The number of benzene rings is 1. The van der Waals surface area contributed by atoms with Crippen molar-refractivity contribution in [2.24, 2.45) is 5.92 Å². The summed E-state index contributed by atoms with van der Waals surface area (Å²) in [5, 5.41) is 8.23. The first-order valence-corrected chi connectivity index (χ1v) is 10.5. The Hall–Kier alpha value is -3.67. The van der Waals surface area contributed by atoms with Crippen LogP contribution in [0, 0.1) is 5.92 Å². The quantitative estimate of drug-likeness (QED) is 0.335. The van der Waals surface area contributed by atoms with Crippen molar-refractivity contribution in [2.45, 2.75) is 37.9 Å². The van der Waals surface area contributed by atoms with Gasteiger partial charge < -0.3 is 16.0 Å². The molecule has 1 aromatic carbocycles. The second-order valence-electron chi connectivity index (χ2n) is 7.69. The van der Waals surface area contributed by atoms with Crippen molar-refractivity contribution in [1.82, 2.24) is 15.4 Å². The molecule has 0 bridgehead atoms. The average molecular weight is 478 g/mol. The standard InChI is InChI=1S/C22H25F3N6O3/c1-3-18(32)28-16-9-4-5-10-17(16)29-19-15(22(23,24)25)12-26-21(30-19)27-14-8-6-7-13(11-14)20(33)31-34-2/h3-5,9-10,12-14H,1,6-8,11H2,2H3,(H,28,32)(H,31,33)(H2,26,27,29,30)/t13-,14+/m0/s1. The van der Waals surface area contributed by atoms with E-state index in [2.05, 4.69) is 42.8 Å². The highest BCUT2D eigenvalue weighted by Crippen LogP contribution is 2.36. The normalized spacial score (nSPS) is 18.0. The fraction of sp³-hybridized carbons (Fsp3) is 0.364. The molecular weight excluding hydrogens is 453 g/mol. The van der Waals surface area contributed by atoms with E-state index in [0.29, 0.717) is 25.5 Å². The van der Waals surface area contributed by atoms with E-state index >= 15 is 0 Å². The van der Waals surface area contributed by atoms with E-state index in [1.54, 1.807) is 12.1 Å². The second kappa shape index (κ2) is 11.0. The van der Waals surface area contributed by atoms with Crippen LogP contribution in [0.5, 0.6) is 0 Å². The lowest BCUT2D eigenvalue weighted by Gasteiger charge is -2.29. The van der Waals surface area contributed by atoms with E-state index in [1.807, 2.05) is 0 Å². The Morgan fingerprint density at radius 1 is 1.21 bits per heavy atom. The summed E-state index contributed by atoms with van der Waals surface area (Å²) in [6, 6.07) is 6.07. The molecule has 12 heteroatoms. The van der Waals surface area contributed by atoms with Crippen LogP contribution in [-0.2, 0) is 20.6 Å². The molecule has 2 atom stereocenters. The molecule has 1 heterocycles. The smallest absolute Gasteiger partial charge is 0.351 e. The fourth-order valence-corrected chi connectivity index (χ4v) is 3.69. The van der Waals surface area contributed by atoms with Crippen LogP contribution >= 0.6 is 0 Å². The third-order valence-corrected chi connectivity index (χ3v) is 5.30. The molecule has 1 aliphatic rings. The van der Waals surface area contributed by atoms with Gasteiger partial charge in [-0.2, -0.15) is 18.2 Å². The molecule has 2 amide bonds. The maximum atomic E-state index is 13.6. The summed E-state index contributed by atoms with van der Waals surface area (Å²) < 4.78 is 40.9. The Morgan fingerprint density at radius 3 is 2.62 bits per heavy atom. The summed E-state index contributed by atoms with van der Waals surface area (Å²) in [6.45, 7) is 3.37. The first-order valence-electron chi connectivity index (χ1n) is 10.5. The molecule has 1 saturated carbocycles. The number of nitrogens with zero attached hydrogens (tertiary/aromatic N) is 2. The zero-order chi connectivity index (χ0) is 24.7. The van der Waals surface area contributed by atoms with Crippen molar-refractivity contribution in [2.75, 3.05) is 23.1 Å². The van der Waals surface area contributed by atoms with Crippen LogP contribution in [0.4, 0.5) is 36.3 Å². The number of hydrogen-bond donors (Lipinski definition) is 4. The van der Waals surface area contributed by atoms with Gasteiger partial charge in [0, 0.05) is 18.2 Å². The van der Waals surface area contributed by atoms with E-state index < -0.39 is 23.5 Å². The molecule has 3 rings (SSSR count). The summed E-state index contributed by atoms with van der Waals surface area (Å²) in [5.41, 5.74) is 1.72. The Morgan fingerprint density at radius 2 is 1.94 bits per heavy atom. The van der Waals surface area contributed by atoms with Gasteiger partial charge in [-0.25, -0.2) is 10.5 Å². The molecule has 4 N–H and O–H groups in total. The largest absolute Gasteiger partial charge is 0.421 e. The van der Waals surface area contributed by atoms with Crippen molar-refractivity contribution in [3.8, 4) is 0 Å². The van der Waals surface area contributed by atoms with Gasteiger partial charge in [-0.1, -0.05) is 25.1 Å². The number of alkyl halides is 3. The van der Waals surface area contributed by atoms with Crippen LogP contribution in [0.2, 0.25) is 0 Å². The number of aromatic nitrogens is 2. The van der Waals surface area contributed by atoms with Gasteiger partial charge in [0.25, 0.3) is 0 Å². The van der Waals surface area contributed by atoms with Gasteiger partial charge in [0.15, 0.2) is 0 Å². The molecule has 1 fully saturated rings. The van der Waals surface area contributed by atoms with E-state index in [-0.39, 0.29) is 35.2 Å². The lowest BCUT2D eigenvalue weighted by atomic mass is 9.85. The summed E-state index contributed by atoms with van der Waals surface area (Å²) in [4.78, 5) is 36.3. The molecule has 9 nitrogen and oxygen atoms in total. The number of amides is 2. The molecular formula is C22H25F3N6O3. The fourth-order valence-electron chi connectivity index (χ4n) is 3.69. The number of para-hydroxylation sites is 2. The van der Waals surface area contributed by atoms with Gasteiger partial charge in [-0.05, 0) is 37.5 Å². The van der Waals surface area contributed by atoms with Crippen molar-refractivity contribution < 1.29 is 27.6 Å². The topological polar surface area (TPSA) is 117 Å². The SMILES string of the molecule is C=CC(=O)Nc1ccccc1Nc1nc(N[C@@H]2CCC[C@H](C(=O)NOC)C2)ncc1C(F)(F)F. The summed E-state index contributed by atoms with van der Waals surface area (Å²) >= 11 is 0. The maximum absolute atomic E-state index is 13.6. The maximum Gasteiger partial charge on any atom is 0.421 e. The molecule has 0 saturated heterocycles. The Balaban J connectivity index is 1.85. The zero-order valence-corrected chi connectivity index (χ0v) is 18.4. The predicted octanol–water partition coefficient (Wildman–Crippen LogP) is 4.01. The van der Waals surface area contributed by atoms with Crippen molar-refractivity contribution in [3.63, 3.8) is 0 Å². The number of carbonyl (C=O) groups excluding carboxylic acids is 2. The third-order valence-electron chi connectivity index (χ3n) is 5.30. The minimum atomic E-state index is -4.71. The molecule has 2 aromatic rings. The average Bonchev–Trinajstić information content (AvgIpc) is 2.80. The first-order chi connectivity index (χ1) is 16.2. The van der Waals surface area contributed by atoms with Crippen LogP contribution < -0.4 is 21.4 Å². The Labute approximate surface area is 194 Å². The molecule has 1 aliphatic carbocycles. The van der Waals surface area contributed by atoms with Gasteiger partial charge >= 0.3 is 6.18 Å². The van der Waals surface area contributed by atoms with E-state index in [4.69, 9.17) is 0 Å². The van der Waals surface area contributed by atoms with Crippen molar-refractivity contribution in [3.05, 3.63) is 48.7 Å². The van der Waals surface area contributed by atoms with Crippen LogP contribution in [0.1, 0.15) is 31.2 Å². The minimum absolute atomic E-state index is 0.0130. The number of hydroxylamine groups is 1. The molecule has 0 aliphatic heterocycles. The van der Waals surface area contributed by atoms with Crippen molar-refractivity contribution >= 4 is 35.0 Å². The number of rotatable bonds is 8. The highest BCUT2D eigenvalue weighted by molar-refractivity contribution is 6.01. The predicted molar refractivity (Wildman–Crippen MR) is 120 cm³/mol. The van der Waals surface area contributed by atoms with E-state index in [9.17, 15) is 22.8 Å². The van der Waals surface area contributed by atoms with Crippen LogP contribution in [-0.4, -0.2) is 34.9 Å². The summed E-state index contributed by atoms with van der Waals surface area (Å²) in [7, 11) is 1.35. The monoisotopic (exact) mass is 478 g/mol. The number of anilines is 4.